The second kappa shape index (κ2) is 7.52. The standard InChI is InChI=1S/C17H22O3Si/c1-18-21(19-2,20-3)14-13-15-9-11-17(12-10-15)16-7-5-4-6-8-16/h4-12H,13-14H2,1-3H3. The molecule has 2 aromatic carbocycles. The molecular weight excluding hydrogens is 280 g/mol. The van der Waals surface area contributed by atoms with Gasteiger partial charge in [-0.2, -0.15) is 0 Å². The highest BCUT2D eigenvalue weighted by molar-refractivity contribution is 6.60. The van der Waals surface area contributed by atoms with Gasteiger partial charge in [0.05, 0.1) is 0 Å². The Kier molecular flexibility index (Phi) is 5.70. The summed E-state index contributed by atoms with van der Waals surface area (Å²) in [6.07, 6.45) is 0.886. The Bertz CT molecular complexity index is 527. The van der Waals surface area contributed by atoms with Crippen LogP contribution in [0.5, 0.6) is 0 Å². The Hall–Kier alpha value is -1.46. The monoisotopic (exact) mass is 302 g/mol. The zero-order valence-corrected chi connectivity index (χ0v) is 13.8. The molecule has 0 atom stereocenters. The van der Waals surface area contributed by atoms with E-state index in [0.717, 1.165) is 12.5 Å². The van der Waals surface area contributed by atoms with E-state index in [9.17, 15) is 0 Å². The highest BCUT2D eigenvalue weighted by atomic mass is 28.4. The third-order valence-electron chi connectivity index (χ3n) is 3.71. The zero-order valence-electron chi connectivity index (χ0n) is 12.8. The van der Waals surface area contributed by atoms with Crippen molar-refractivity contribution < 1.29 is 13.3 Å². The fourth-order valence-corrected chi connectivity index (χ4v) is 4.06. The third kappa shape index (κ3) is 4.01. The summed E-state index contributed by atoms with van der Waals surface area (Å²) in [5.41, 5.74) is 3.73. The van der Waals surface area contributed by atoms with Crippen molar-refractivity contribution in [3.05, 3.63) is 60.2 Å². The molecule has 0 aliphatic rings. The van der Waals surface area contributed by atoms with E-state index in [4.69, 9.17) is 13.3 Å². The average Bonchev–Trinajstić information content (AvgIpc) is 2.58. The van der Waals surface area contributed by atoms with Crippen LogP contribution in [-0.2, 0) is 19.7 Å². The summed E-state index contributed by atoms with van der Waals surface area (Å²) in [7, 11) is 2.47. The molecule has 0 fully saturated rings. The largest absolute Gasteiger partial charge is 0.500 e. The lowest BCUT2D eigenvalue weighted by atomic mass is 10.0. The van der Waals surface area contributed by atoms with Crippen molar-refractivity contribution >= 4 is 8.80 Å². The molecule has 0 radical (unpaired) electrons. The smallest absolute Gasteiger partial charge is 0.377 e. The van der Waals surface area contributed by atoms with Crippen molar-refractivity contribution in [3.63, 3.8) is 0 Å². The normalized spacial score (nSPS) is 11.6. The van der Waals surface area contributed by atoms with Crippen LogP contribution in [0.15, 0.2) is 54.6 Å². The maximum atomic E-state index is 5.45. The summed E-state index contributed by atoms with van der Waals surface area (Å²) in [6, 6.07) is 19.8. The molecule has 2 aromatic rings. The summed E-state index contributed by atoms with van der Waals surface area (Å²) < 4.78 is 16.3. The molecule has 0 aliphatic heterocycles. The first kappa shape index (κ1) is 15.9. The maximum absolute atomic E-state index is 5.45. The minimum Gasteiger partial charge on any atom is -0.377 e. The summed E-state index contributed by atoms with van der Waals surface area (Å²) >= 11 is 0. The van der Waals surface area contributed by atoms with Crippen molar-refractivity contribution in [2.75, 3.05) is 21.3 Å². The average molecular weight is 302 g/mol. The van der Waals surface area contributed by atoms with Gasteiger partial charge < -0.3 is 13.3 Å². The first-order chi connectivity index (χ1) is 10.2. The van der Waals surface area contributed by atoms with E-state index in [2.05, 4.69) is 48.5 Å². The van der Waals surface area contributed by atoms with E-state index < -0.39 is 8.80 Å². The van der Waals surface area contributed by atoms with Crippen LogP contribution in [0.2, 0.25) is 6.04 Å². The van der Waals surface area contributed by atoms with Crippen molar-refractivity contribution in [1.82, 2.24) is 0 Å². The maximum Gasteiger partial charge on any atom is 0.500 e. The Labute approximate surface area is 127 Å². The Morgan fingerprint density at radius 2 is 1.24 bits per heavy atom. The molecular formula is C17H22O3Si. The van der Waals surface area contributed by atoms with E-state index in [1.54, 1.807) is 21.3 Å². The predicted molar refractivity (Wildman–Crippen MR) is 87.2 cm³/mol. The molecule has 4 heteroatoms. The molecule has 0 aliphatic carbocycles. The van der Waals surface area contributed by atoms with Gasteiger partial charge in [0, 0.05) is 27.4 Å². The second-order valence-electron chi connectivity index (χ2n) is 4.86. The van der Waals surface area contributed by atoms with Gasteiger partial charge in [0.25, 0.3) is 0 Å². The number of aryl methyl sites for hydroxylation is 1. The van der Waals surface area contributed by atoms with Crippen molar-refractivity contribution in [1.29, 1.82) is 0 Å². The Morgan fingerprint density at radius 3 is 1.76 bits per heavy atom. The van der Waals surface area contributed by atoms with Gasteiger partial charge in [0.1, 0.15) is 0 Å². The lowest BCUT2D eigenvalue weighted by Gasteiger charge is -2.24. The molecule has 0 N–H and O–H groups in total. The Morgan fingerprint density at radius 1 is 0.714 bits per heavy atom. The molecule has 21 heavy (non-hydrogen) atoms. The van der Waals surface area contributed by atoms with Crippen molar-refractivity contribution in [2.45, 2.75) is 12.5 Å². The van der Waals surface area contributed by atoms with Gasteiger partial charge in [0.15, 0.2) is 0 Å². The zero-order chi connectivity index (χ0) is 15.1. The van der Waals surface area contributed by atoms with Crippen LogP contribution in [0.3, 0.4) is 0 Å². The summed E-state index contributed by atoms with van der Waals surface area (Å²) in [4.78, 5) is 0. The van der Waals surface area contributed by atoms with Gasteiger partial charge in [-0.05, 0) is 23.1 Å². The Balaban J connectivity index is 2.03. The first-order valence-corrected chi connectivity index (χ1v) is 8.96. The molecule has 0 heterocycles. The summed E-state index contributed by atoms with van der Waals surface area (Å²) in [5.74, 6) is 0. The fraction of sp³-hybridized carbons (Fsp3) is 0.294. The van der Waals surface area contributed by atoms with Gasteiger partial charge in [0.2, 0.25) is 0 Å². The van der Waals surface area contributed by atoms with Gasteiger partial charge in [-0.25, -0.2) is 0 Å². The number of hydrogen-bond acceptors (Lipinski definition) is 3. The summed E-state index contributed by atoms with van der Waals surface area (Å²) in [6.45, 7) is 0. The number of benzene rings is 2. The first-order valence-electron chi connectivity index (χ1n) is 7.03. The SMILES string of the molecule is CO[Si](CCc1ccc(-c2ccccc2)cc1)(OC)OC. The topological polar surface area (TPSA) is 27.7 Å². The van der Waals surface area contributed by atoms with Gasteiger partial charge in [-0.1, -0.05) is 54.6 Å². The molecule has 0 amide bonds. The van der Waals surface area contributed by atoms with Crippen LogP contribution in [0.4, 0.5) is 0 Å². The van der Waals surface area contributed by atoms with E-state index in [-0.39, 0.29) is 0 Å². The van der Waals surface area contributed by atoms with Crippen LogP contribution in [-0.4, -0.2) is 30.1 Å². The van der Waals surface area contributed by atoms with Crippen molar-refractivity contribution in [2.24, 2.45) is 0 Å². The van der Waals surface area contributed by atoms with Crippen LogP contribution >= 0.6 is 0 Å². The van der Waals surface area contributed by atoms with Crippen LogP contribution in [0.25, 0.3) is 11.1 Å². The molecule has 0 aromatic heterocycles. The predicted octanol–water partition coefficient (Wildman–Crippen LogP) is 3.77. The van der Waals surface area contributed by atoms with E-state index in [1.165, 1.54) is 16.7 Å². The number of hydrogen-bond donors (Lipinski definition) is 0. The highest BCUT2D eigenvalue weighted by Gasteiger charge is 2.37. The third-order valence-corrected chi connectivity index (χ3v) is 6.44. The lowest BCUT2D eigenvalue weighted by Crippen LogP contribution is -2.43. The summed E-state index contributed by atoms with van der Waals surface area (Å²) in [5, 5.41) is 0. The molecule has 0 bridgehead atoms. The van der Waals surface area contributed by atoms with Gasteiger partial charge in [-0.15, -0.1) is 0 Å². The molecule has 0 saturated carbocycles. The van der Waals surface area contributed by atoms with E-state index >= 15 is 0 Å². The van der Waals surface area contributed by atoms with E-state index in [0.29, 0.717) is 0 Å². The molecule has 3 nitrogen and oxygen atoms in total. The lowest BCUT2D eigenvalue weighted by molar-refractivity contribution is 0.123. The van der Waals surface area contributed by atoms with Gasteiger partial charge >= 0.3 is 8.80 Å². The van der Waals surface area contributed by atoms with Crippen LogP contribution in [0, 0.1) is 0 Å². The minimum atomic E-state index is -2.48. The van der Waals surface area contributed by atoms with Crippen LogP contribution < -0.4 is 0 Å². The molecule has 2 rings (SSSR count). The number of rotatable bonds is 7. The minimum absolute atomic E-state index is 0.779. The van der Waals surface area contributed by atoms with Crippen LogP contribution in [0.1, 0.15) is 5.56 Å². The van der Waals surface area contributed by atoms with E-state index in [1.807, 2.05) is 6.07 Å². The highest BCUT2D eigenvalue weighted by Crippen LogP contribution is 2.21. The molecule has 0 unspecified atom stereocenters. The quantitative estimate of drug-likeness (QED) is 0.729. The molecule has 112 valence electrons. The fourth-order valence-electron chi connectivity index (χ4n) is 2.35. The molecule has 0 spiro atoms. The molecule has 0 saturated heterocycles. The van der Waals surface area contributed by atoms with Gasteiger partial charge in [-0.3, -0.25) is 0 Å². The van der Waals surface area contributed by atoms with Crippen molar-refractivity contribution in [3.8, 4) is 11.1 Å². The second-order valence-corrected chi connectivity index (χ2v) is 7.95.